The van der Waals surface area contributed by atoms with Crippen molar-refractivity contribution in [3.8, 4) is 0 Å². The minimum atomic E-state index is -1.30. The van der Waals surface area contributed by atoms with Gasteiger partial charge in [0.15, 0.2) is 0 Å². The first-order valence-corrected chi connectivity index (χ1v) is 4.67. The van der Waals surface area contributed by atoms with Gasteiger partial charge in [0, 0.05) is 7.05 Å². The van der Waals surface area contributed by atoms with Crippen LogP contribution in [0.5, 0.6) is 0 Å². The highest BCUT2D eigenvalue weighted by atomic mass is 16.4. The largest absolute Gasteiger partial charge is 0.545 e. The third-order valence-corrected chi connectivity index (χ3v) is 2.34. The number of imidazole rings is 1. The van der Waals surface area contributed by atoms with Gasteiger partial charge in [-0.2, -0.15) is 0 Å². The van der Waals surface area contributed by atoms with Crippen LogP contribution in [-0.4, -0.2) is 26.7 Å². The zero-order chi connectivity index (χ0) is 12.6. The minimum absolute atomic E-state index is 0.00234. The summed E-state index contributed by atoms with van der Waals surface area (Å²) in [6.07, 6.45) is -1.23. The number of aryl methyl sites for hydroxylation is 1. The number of hydrogen-bond acceptors (Lipinski definition) is 4. The van der Waals surface area contributed by atoms with Gasteiger partial charge >= 0.3 is 6.09 Å². The lowest BCUT2D eigenvalue weighted by Gasteiger charge is -2.02. The highest BCUT2D eigenvalue weighted by molar-refractivity contribution is 5.92. The molecule has 2 aromatic rings. The van der Waals surface area contributed by atoms with Gasteiger partial charge in [-0.25, -0.2) is 9.78 Å². The zero-order valence-corrected chi connectivity index (χ0v) is 8.80. The molecule has 1 aromatic carbocycles. The van der Waals surface area contributed by atoms with E-state index in [1.165, 1.54) is 16.7 Å². The Kier molecular flexibility index (Phi) is 2.43. The van der Waals surface area contributed by atoms with E-state index in [4.69, 9.17) is 5.11 Å². The average molecular weight is 234 g/mol. The van der Waals surface area contributed by atoms with Crippen molar-refractivity contribution < 1.29 is 19.8 Å². The molecule has 0 aliphatic carbocycles. The monoisotopic (exact) mass is 234 g/mol. The molecule has 2 N–H and O–H groups in total. The van der Waals surface area contributed by atoms with Crippen molar-refractivity contribution in [2.75, 3.05) is 5.32 Å². The number of fused-ring (bicyclic) bond motifs is 1. The van der Waals surface area contributed by atoms with Gasteiger partial charge in [0.1, 0.15) is 0 Å². The predicted molar refractivity (Wildman–Crippen MR) is 56.7 cm³/mol. The summed E-state index contributed by atoms with van der Waals surface area (Å²) in [5, 5.41) is 21.4. The van der Waals surface area contributed by atoms with Gasteiger partial charge in [0.2, 0.25) is 5.95 Å². The van der Waals surface area contributed by atoms with Crippen molar-refractivity contribution in [2.24, 2.45) is 7.05 Å². The van der Waals surface area contributed by atoms with E-state index < -0.39 is 12.1 Å². The number of carbonyl (C=O) groups is 2. The number of aromatic nitrogens is 2. The molecule has 0 bridgehead atoms. The van der Waals surface area contributed by atoms with Crippen molar-refractivity contribution in [3.05, 3.63) is 23.8 Å². The van der Waals surface area contributed by atoms with Crippen LogP contribution in [0.15, 0.2) is 18.2 Å². The number of carboxylic acid groups (broad SMARTS) is 2. The van der Waals surface area contributed by atoms with E-state index in [1.807, 2.05) is 0 Å². The van der Waals surface area contributed by atoms with Crippen LogP contribution in [-0.2, 0) is 7.05 Å². The Hall–Kier alpha value is -2.57. The smallest absolute Gasteiger partial charge is 0.411 e. The fourth-order valence-corrected chi connectivity index (χ4v) is 1.53. The number of carboxylic acids is 1. The maximum atomic E-state index is 10.7. The lowest BCUT2D eigenvalue weighted by molar-refractivity contribution is -0.255. The van der Waals surface area contributed by atoms with E-state index in [-0.39, 0.29) is 11.5 Å². The number of aromatic carboxylic acids is 1. The molecule has 7 nitrogen and oxygen atoms in total. The third kappa shape index (κ3) is 1.89. The molecule has 0 saturated carbocycles. The molecule has 0 radical (unpaired) electrons. The summed E-state index contributed by atoms with van der Waals surface area (Å²) in [6, 6.07) is 4.25. The first-order chi connectivity index (χ1) is 7.99. The molecule has 0 atom stereocenters. The van der Waals surface area contributed by atoms with Crippen LogP contribution in [0, 0.1) is 0 Å². The normalized spacial score (nSPS) is 10.4. The van der Waals surface area contributed by atoms with Crippen molar-refractivity contribution in [2.45, 2.75) is 0 Å². The lowest BCUT2D eigenvalue weighted by atomic mass is 10.2. The summed E-state index contributed by atoms with van der Waals surface area (Å²) in [7, 11) is 1.62. The Morgan fingerprint density at radius 2 is 2.18 bits per heavy atom. The lowest BCUT2D eigenvalue weighted by Crippen LogP contribution is -2.21. The molecular formula is C10H8N3O4-. The van der Waals surface area contributed by atoms with Gasteiger partial charge in [0.05, 0.1) is 17.0 Å². The van der Waals surface area contributed by atoms with E-state index in [0.717, 1.165) is 0 Å². The van der Waals surface area contributed by atoms with Gasteiger partial charge in [-0.1, -0.05) is 6.07 Å². The molecule has 17 heavy (non-hydrogen) atoms. The number of nitrogens with zero attached hydrogens (tertiary/aromatic N) is 2. The number of carbonyl (C=O) groups excluding carboxylic acids is 1. The van der Waals surface area contributed by atoms with Crippen molar-refractivity contribution in [1.82, 2.24) is 9.55 Å². The van der Waals surface area contributed by atoms with Crippen LogP contribution in [0.25, 0.3) is 11.0 Å². The number of hydrogen-bond donors (Lipinski definition) is 2. The second kappa shape index (κ2) is 3.78. The zero-order valence-electron chi connectivity index (χ0n) is 8.80. The van der Waals surface area contributed by atoms with Crippen molar-refractivity contribution in [1.29, 1.82) is 0 Å². The van der Waals surface area contributed by atoms with E-state index in [0.29, 0.717) is 11.0 Å². The van der Waals surface area contributed by atoms with Crippen LogP contribution in [0.2, 0.25) is 0 Å². The quantitative estimate of drug-likeness (QED) is 0.762. The maximum absolute atomic E-state index is 10.7. The second-order valence-corrected chi connectivity index (χ2v) is 3.42. The standard InChI is InChI=1S/C10H9N3O4/c1-13-7-3-2-5(8(14)15)4-6(7)11-9(13)12-10(16)17/h2-4H,1H3,(H,11,12)(H,14,15)(H,16,17)/p-1. The summed E-state index contributed by atoms with van der Waals surface area (Å²) in [6.45, 7) is 0. The van der Waals surface area contributed by atoms with E-state index in [1.54, 1.807) is 13.1 Å². The minimum Gasteiger partial charge on any atom is -0.545 e. The van der Waals surface area contributed by atoms with Crippen LogP contribution in [0.4, 0.5) is 10.7 Å². The Balaban J connectivity index is 2.57. The molecule has 0 aliphatic rings. The summed E-state index contributed by atoms with van der Waals surface area (Å²) in [5.74, 6) is -1.17. The van der Waals surface area contributed by atoms with Crippen LogP contribution >= 0.6 is 0 Å². The van der Waals surface area contributed by atoms with Gasteiger partial charge < -0.3 is 19.6 Å². The number of benzene rings is 1. The van der Waals surface area contributed by atoms with Crippen molar-refractivity contribution in [3.63, 3.8) is 0 Å². The van der Waals surface area contributed by atoms with Crippen LogP contribution < -0.4 is 10.4 Å². The summed E-state index contributed by atoms with van der Waals surface area (Å²) in [5.41, 5.74) is 1.01. The second-order valence-electron chi connectivity index (χ2n) is 3.42. The highest BCUT2D eigenvalue weighted by Crippen LogP contribution is 2.19. The van der Waals surface area contributed by atoms with E-state index in [9.17, 15) is 14.7 Å². The molecule has 88 valence electrons. The molecular weight excluding hydrogens is 226 g/mol. The number of amides is 1. The molecule has 1 aromatic heterocycles. The third-order valence-electron chi connectivity index (χ3n) is 2.34. The topological polar surface area (TPSA) is 107 Å². The van der Waals surface area contributed by atoms with E-state index in [2.05, 4.69) is 10.3 Å². The average Bonchev–Trinajstić information content (AvgIpc) is 2.54. The highest BCUT2D eigenvalue weighted by Gasteiger charge is 2.10. The molecule has 2 rings (SSSR count). The molecule has 0 saturated heterocycles. The Morgan fingerprint density at radius 1 is 1.47 bits per heavy atom. The SMILES string of the molecule is Cn1c(NC(=O)O)nc2cc(C(=O)[O-])ccc21. The predicted octanol–water partition coefficient (Wildman–Crippen LogP) is 0.0267. The maximum Gasteiger partial charge on any atom is 0.411 e. The van der Waals surface area contributed by atoms with Gasteiger partial charge in [-0.15, -0.1) is 0 Å². The van der Waals surface area contributed by atoms with Gasteiger partial charge in [-0.05, 0) is 17.7 Å². The number of nitrogens with one attached hydrogen (secondary N) is 1. The van der Waals surface area contributed by atoms with Crippen molar-refractivity contribution >= 4 is 29.0 Å². The fourth-order valence-electron chi connectivity index (χ4n) is 1.53. The van der Waals surface area contributed by atoms with Gasteiger partial charge in [-0.3, -0.25) is 5.32 Å². The Morgan fingerprint density at radius 3 is 2.76 bits per heavy atom. The van der Waals surface area contributed by atoms with E-state index >= 15 is 0 Å². The molecule has 0 aliphatic heterocycles. The first-order valence-electron chi connectivity index (χ1n) is 4.67. The molecule has 1 heterocycles. The molecule has 1 amide bonds. The molecule has 0 unspecified atom stereocenters. The molecule has 0 spiro atoms. The summed E-state index contributed by atoms with van der Waals surface area (Å²) < 4.78 is 1.52. The first kappa shape index (κ1) is 10.9. The Labute approximate surface area is 95.3 Å². The number of anilines is 1. The van der Waals surface area contributed by atoms with Gasteiger partial charge in [0.25, 0.3) is 0 Å². The van der Waals surface area contributed by atoms with Crippen LogP contribution in [0.3, 0.4) is 0 Å². The fraction of sp³-hybridized carbons (Fsp3) is 0.100. The molecule has 0 fully saturated rings. The number of rotatable bonds is 2. The Bertz CT molecular complexity index is 617. The molecule has 7 heteroatoms. The summed E-state index contributed by atoms with van der Waals surface area (Å²) in [4.78, 5) is 25.1. The summed E-state index contributed by atoms with van der Waals surface area (Å²) >= 11 is 0. The van der Waals surface area contributed by atoms with Crippen LogP contribution in [0.1, 0.15) is 10.4 Å².